The van der Waals surface area contributed by atoms with Gasteiger partial charge in [0, 0.05) is 26.0 Å². The number of aromatic nitrogens is 2. The summed E-state index contributed by atoms with van der Waals surface area (Å²) >= 11 is 5.52. The highest BCUT2D eigenvalue weighted by Gasteiger charge is 2.06. The number of anilines is 1. The van der Waals surface area contributed by atoms with Crippen molar-refractivity contribution >= 4 is 23.5 Å². The van der Waals surface area contributed by atoms with E-state index >= 15 is 0 Å². The van der Waals surface area contributed by atoms with Crippen LogP contribution in [-0.2, 0) is 16.0 Å². The molecule has 7 nitrogen and oxygen atoms in total. The maximum Gasteiger partial charge on any atom is 0.315 e. The molecule has 1 aromatic rings. The van der Waals surface area contributed by atoms with Crippen molar-refractivity contribution < 1.29 is 13.9 Å². The van der Waals surface area contributed by atoms with Gasteiger partial charge in [0.2, 0.25) is 11.8 Å². The highest BCUT2D eigenvalue weighted by Crippen LogP contribution is 2.05. The van der Waals surface area contributed by atoms with Crippen LogP contribution in [0, 0.1) is 0 Å². The van der Waals surface area contributed by atoms with E-state index in [0.717, 1.165) is 0 Å². The molecule has 2 N–H and O–H groups in total. The Hall–Kier alpha value is -1.34. The topological polar surface area (TPSA) is 89.3 Å². The lowest BCUT2D eigenvalue weighted by Gasteiger charge is -2.03. The quantitative estimate of drug-likeness (QED) is 0.507. The summed E-state index contributed by atoms with van der Waals surface area (Å²) in [6.45, 7) is 1.02. The predicted octanol–water partition coefficient (Wildman–Crippen LogP) is 0.0254. The Bertz CT molecular complexity index is 345. The third kappa shape index (κ3) is 5.50. The second kappa shape index (κ2) is 7.86. The number of nitrogens with one attached hydrogen (secondary N) is 2. The predicted molar refractivity (Wildman–Crippen MR) is 62.1 cm³/mol. The van der Waals surface area contributed by atoms with Crippen LogP contribution in [-0.4, -0.2) is 48.8 Å². The molecule has 0 atom stereocenters. The van der Waals surface area contributed by atoms with Crippen molar-refractivity contribution in [1.29, 1.82) is 0 Å². The van der Waals surface area contributed by atoms with Gasteiger partial charge in [-0.3, -0.25) is 4.79 Å². The largest absolute Gasteiger partial charge is 0.408 e. The molecule has 1 heterocycles. The van der Waals surface area contributed by atoms with Gasteiger partial charge in [-0.1, -0.05) is 5.10 Å². The number of ether oxygens (including phenoxy) is 1. The van der Waals surface area contributed by atoms with Crippen molar-refractivity contribution in [1.82, 2.24) is 15.5 Å². The smallest absolute Gasteiger partial charge is 0.315 e. The number of hydrogen-bond donors (Lipinski definition) is 2. The minimum absolute atomic E-state index is 0.0756. The minimum atomic E-state index is -0.167. The average Bonchev–Trinajstić information content (AvgIpc) is 2.75. The SMILES string of the molecule is COCCNC(=O)CNc1nnc(CCCl)o1. The molecule has 0 fully saturated rings. The molecular formula is C9H15ClN4O3. The van der Waals surface area contributed by atoms with Gasteiger partial charge in [-0.25, -0.2) is 0 Å². The van der Waals surface area contributed by atoms with Gasteiger partial charge >= 0.3 is 6.01 Å². The summed E-state index contributed by atoms with van der Waals surface area (Å²) in [5, 5.41) is 12.8. The van der Waals surface area contributed by atoms with E-state index < -0.39 is 0 Å². The number of carbonyl (C=O) groups excluding carboxylic acids is 1. The van der Waals surface area contributed by atoms with Crippen LogP contribution in [0.3, 0.4) is 0 Å². The number of rotatable bonds is 8. The standard InChI is InChI=1S/C9H15ClN4O3/c1-16-5-4-11-7(15)6-12-9-14-13-8(17-9)2-3-10/h2-6H2,1H3,(H,11,15)(H,12,14). The molecule has 0 spiro atoms. The fourth-order valence-electron chi connectivity index (χ4n) is 1.02. The Balaban J connectivity index is 2.22. The lowest BCUT2D eigenvalue weighted by molar-refractivity contribution is -0.119. The molecule has 1 aromatic heterocycles. The van der Waals surface area contributed by atoms with Crippen molar-refractivity contribution in [2.45, 2.75) is 6.42 Å². The van der Waals surface area contributed by atoms with Crippen molar-refractivity contribution in [3.05, 3.63) is 5.89 Å². The third-order valence-corrected chi connectivity index (χ3v) is 1.99. The van der Waals surface area contributed by atoms with Crippen LogP contribution >= 0.6 is 11.6 Å². The van der Waals surface area contributed by atoms with Gasteiger partial charge in [0.1, 0.15) is 0 Å². The zero-order valence-electron chi connectivity index (χ0n) is 9.53. The van der Waals surface area contributed by atoms with E-state index in [1.54, 1.807) is 7.11 Å². The van der Waals surface area contributed by atoms with E-state index in [4.69, 9.17) is 20.8 Å². The second-order valence-electron chi connectivity index (χ2n) is 3.14. The third-order valence-electron chi connectivity index (χ3n) is 1.80. The van der Waals surface area contributed by atoms with E-state index in [1.165, 1.54) is 0 Å². The van der Waals surface area contributed by atoms with Crippen LogP contribution in [0.25, 0.3) is 0 Å². The average molecular weight is 263 g/mol. The first-order valence-corrected chi connectivity index (χ1v) is 5.67. The highest BCUT2D eigenvalue weighted by molar-refractivity contribution is 6.17. The zero-order chi connectivity index (χ0) is 12.5. The number of halogens is 1. The number of hydrogen-bond acceptors (Lipinski definition) is 6. The van der Waals surface area contributed by atoms with E-state index in [2.05, 4.69) is 20.8 Å². The number of nitrogens with zero attached hydrogens (tertiary/aromatic N) is 2. The molecule has 0 aliphatic rings. The van der Waals surface area contributed by atoms with Crippen molar-refractivity contribution in [3.8, 4) is 0 Å². The molecule has 0 radical (unpaired) electrons. The Labute approximate surface area is 104 Å². The lowest BCUT2D eigenvalue weighted by Crippen LogP contribution is -2.32. The summed E-state index contributed by atoms with van der Waals surface area (Å²) in [5.41, 5.74) is 0. The molecule has 17 heavy (non-hydrogen) atoms. The molecule has 0 saturated heterocycles. The number of carbonyl (C=O) groups is 1. The molecule has 0 aromatic carbocycles. The summed E-state index contributed by atoms with van der Waals surface area (Å²) in [6.07, 6.45) is 0.510. The fraction of sp³-hybridized carbons (Fsp3) is 0.667. The van der Waals surface area contributed by atoms with Crippen LogP contribution in [0.15, 0.2) is 4.42 Å². The Morgan fingerprint density at radius 2 is 2.35 bits per heavy atom. The monoisotopic (exact) mass is 262 g/mol. The number of amides is 1. The molecular weight excluding hydrogens is 248 g/mol. The summed E-state index contributed by atoms with van der Waals surface area (Å²) in [7, 11) is 1.57. The van der Waals surface area contributed by atoms with Crippen LogP contribution in [0.5, 0.6) is 0 Å². The Morgan fingerprint density at radius 1 is 1.53 bits per heavy atom. The summed E-state index contributed by atoms with van der Waals surface area (Å²) in [5.74, 6) is 0.695. The molecule has 0 aliphatic heterocycles. The molecule has 8 heteroatoms. The van der Waals surface area contributed by atoms with Crippen LogP contribution < -0.4 is 10.6 Å². The van der Waals surface area contributed by atoms with Gasteiger partial charge < -0.3 is 19.8 Å². The van der Waals surface area contributed by atoms with Crippen molar-refractivity contribution in [2.24, 2.45) is 0 Å². The molecule has 96 valence electrons. The number of aryl methyl sites for hydroxylation is 1. The zero-order valence-corrected chi connectivity index (χ0v) is 10.3. The Kier molecular flexibility index (Phi) is 6.34. The number of alkyl halides is 1. The van der Waals surface area contributed by atoms with Crippen molar-refractivity contribution in [2.75, 3.05) is 38.0 Å². The van der Waals surface area contributed by atoms with Crippen LogP contribution in [0.4, 0.5) is 6.01 Å². The molecule has 0 bridgehead atoms. The minimum Gasteiger partial charge on any atom is -0.408 e. The molecule has 0 unspecified atom stereocenters. The van der Waals surface area contributed by atoms with Crippen LogP contribution in [0.1, 0.15) is 5.89 Å². The van der Waals surface area contributed by atoms with Crippen molar-refractivity contribution in [3.63, 3.8) is 0 Å². The maximum atomic E-state index is 11.3. The highest BCUT2D eigenvalue weighted by atomic mass is 35.5. The van der Waals surface area contributed by atoms with Gasteiger partial charge in [-0.2, -0.15) is 0 Å². The molecule has 1 amide bonds. The maximum absolute atomic E-state index is 11.3. The molecule has 0 saturated carbocycles. The summed E-state index contributed by atoms with van der Waals surface area (Å²) < 4.78 is 9.97. The van der Waals surface area contributed by atoms with Gasteiger partial charge in [-0.05, 0) is 0 Å². The van der Waals surface area contributed by atoms with E-state index in [1.807, 2.05) is 0 Å². The van der Waals surface area contributed by atoms with E-state index in [-0.39, 0.29) is 18.5 Å². The first kappa shape index (κ1) is 13.7. The first-order chi connectivity index (χ1) is 8.26. The fourth-order valence-corrected chi connectivity index (χ4v) is 1.18. The summed E-state index contributed by atoms with van der Waals surface area (Å²) in [4.78, 5) is 11.3. The normalized spacial score (nSPS) is 10.2. The number of methoxy groups -OCH3 is 1. The first-order valence-electron chi connectivity index (χ1n) is 5.14. The van der Waals surface area contributed by atoms with E-state index in [9.17, 15) is 4.79 Å². The van der Waals surface area contributed by atoms with Gasteiger partial charge in [0.25, 0.3) is 0 Å². The van der Waals surface area contributed by atoms with Gasteiger partial charge in [-0.15, -0.1) is 16.7 Å². The molecule has 0 aliphatic carbocycles. The second-order valence-corrected chi connectivity index (χ2v) is 3.51. The lowest BCUT2D eigenvalue weighted by atomic mass is 10.5. The van der Waals surface area contributed by atoms with Gasteiger partial charge in [0.15, 0.2) is 0 Å². The van der Waals surface area contributed by atoms with E-state index in [0.29, 0.717) is 31.3 Å². The van der Waals surface area contributed by atoms with Gasteiger partial charge in [0.05, 0.1) is 13.2 Å². The Morgan fingerprint density at radius 3 is 3.06 bits per heavy atom. The summed E-state index contributed by atoms with van der Waals surface area (Å²) in [6, 6.07) is 0.215. The van der Waals surface area contributed by atoms with Crippen LogP contribution in [0.2, 0.25) is 0 Å². The molecule has 1 rings (SSSR count).